The van der Waals surface area contributed by atoms with Crippen LogP contribution in [0, 0.1) is 11.2 Å². The topological polar surface area (TPSA) is 26.3 Å². The highest BCUT2D eigenvalue weighted by Gasteiger charge is 2.25. The van der Waals surface area contributed by atoms with E-state index in [1.54, 1.807) is 0 Å². The third-order valence-electron chi connectivity index (χ3n) is 4.83. The standard InChI is InChI=1S/C21H22ClFO2/c1-13(24)18-10-19(22)16(9-20(18)23)12-25-17-5-4-14-6-7-21(2,3)11-15(14)8-17/h4-5,8-10H,6-7,11-12H2,1-3H3. The Kier molecular flexibility index (Phi) is 4.88. The summed E-state index contributed by atoms with van der Waals surface area (Å²) >= 11 is 6.17. The quantitative estimate of drug-likeness (QED) is 0.646. The van der Waals surface area contributed by atoms with E-state index in [0.717, 1.165) is 18.6 Å². The predicted octanol–water partition coefficient (Wildman–Crippen LogP) is 5.78. The van der Waals surface area contributed by atoms with Crippen LogP contribution < -0.4 is 4.74 Å². The molecular formula is C21H22ClFO2. The van der Waals surface area contributed by atoms with Crippen molar-refractivity contribution in [2.24, 2.45) is 5.41 Å². The number of aryl methyl sites for hydroxylation is 1. The molecule has 3 rings (SSSR count). The van der Waals surface area contributed by atoms with Crippen molar-refractivity contribution in [2.45, 2.75) is 46.6 Å². The minimum Gasteiger partial charge on any atom is -0.489 e. The lowest BCUT2D eigenvalue weighted by atomic mass is 9.74. The molecule has 2 aromatic carbocycles. The lowest BCUT2D eigenvalue weighted by Gasteiger charge is -2.31. The van der Waals surface area contributed by atoms with Crippen molar-refractivity contribution in [1.29, 1.82) is 0 Å². The van der Waals surface area contributed by atoms with Gasteiger partial charge in [-0.05, 0) is 67.0 Å². The van der Waals surface area contributed by atoms with Gasteiger partial charge in [0.1, 0.15) is 18.2 Å². The summed E-state index contributed by atoms with van der Waals surface area (Å²) in [5.41, 5.74) is 3.53. The van der Waals surface area contributed by atoms with Crippen molar-refractivity contribution >= 4 is 17.4 Å². The maximum Gasteiger partial charge on any atom is 0.162 e. The highest BCUT2D eigenvalue weighted by molar-refractivity contribution is 6.31. The molecule has 1 aliphatic carbocycles. The number of ketones is 1. The number of hydrogen-bond donors (Lipinski definition) is 0. The SMILES string of the molecule is CC(=O)c1cc(Cl)c(COc2ccc3c(c2)CC(C)(C)CC3)cc1F. The van der Waals surface area contributed by atoms with Crippen molar-refractivity contribution in [3.8, 4) is 5.75 Å². The first kappa shape index (κ1) is 17.9. The second-order valence-corrected chi connectivity index (χ2v) is 7.95. The van der Waals surface area contributed by atoms with E-state index in [0.29, 0.717) is 16.0 Å². The van der Waals surface area contributed by atoms with Crippen LogP contribution in [0.2, 0.25) is 5.02 Å². The zero-order valence-corrected chi connectivity index (χ0v) is 15.5. The number of rotatable bonds is 4. The van der Waals surface area contributed by atoms with E-state index in [1.165, 1.54) is 36.6 Å². The van der Waals surface area contributed by atoms with Gasteiger partial charge < -0.3 is 4.74 Å². The van der Waals surface area contributed by atoms with E-state index in [1.807, 2.05) is 6.07 Å². The zero-order chi connectivity index (χ0) is 18.2. The molecule has 0 saturated heterocycles. The lowest BCUT2D eigenvalue weighted by molar-refractivity contribution is 0.101. The molecule has 2 aromatic rings. The number of halogens is 2. The smallest absolute Gasteiger partial charge is 0.162 e. The molecule has 0 amide bonds. The summed E-state index contributed by atoms with van der Waals surface area (Å²) in [5.74, 6) is -0.157. The first-order valence-electron chi connectivity index (χ1n) is 8.49. The highest BCUT2D eigenvalue weighted by Crippen LogP contribution is 2.36. The van der Waals surface area contributed by atoms with Gasteiger partial charge in [0, 0.05) is 10.6 Å². The zero-order valence-electron chi connectivity index (χ0n) is 14.8. The number of benzene rings is 2. The third-order valence-corrected chi connectivity index (χ3v) is 5.18. The van der Waals surface area contributed by atoms with Crippen molar-refractivity contribution in [3.63, 3.8) is 0 Å². The van der Waals surface area contributed by atoms with Crippen molar-refractivity contribution in [1.82, 2.24) is 0 Å². The van der Waals surface area contributed by atoms with Crippen LogP contribution in [0.3, 0.4) is 0 Å². The minimum atomic E-state index is -0.567. The molecule has 25 heavy (non-hydrogen) atoms. The van der Waals surface area contributed by atoms with Crippen LogP contribution in [0.25, 0.3) is 0 Å². The summed E-state index contributed by atoms with van der Waals surface area (Å²) in [6.07, 6.45) is 3.31. The van der Waals surface area contributed by atoms with E-state index < -0.39 is 5.82 Å². The van der Waals surface area contributed by atoms with Crippen LogP contribution in [0.1, 0.15) is 54.2 Å². The molecule has 0 unspecified atom stereocenters. The van der Waals surface area contributed by atoms with Gasteiger partial charge in [0.15, 0.2) is 5.78 Å². The van der Waals surface area contributed by atoms with Crippen molar-refractivity contribution in [3.05, 3.63) is 63.4 Å². The number of carbonyl (C=O) groups excluding carboxylic acids is 1. The maximum atomic E-state index is 14.0. The first-order valence-corrected chi connectivity index (χ1v) is 8.86. The Bertz CT molecular complexity index is 827. The van der Waals surface area contributed by atoms with E-state index in [2.05, 4.69) is 26.0 Å². The average molecular weight is 361 g/mol. The van der Waals surface area contributed by atoms with Gasteiger partial charge in [-0.25, -0.2) is 4.39 Å². The maximum absolute atomic E-state index is 14.0. The Balaban J connectivity index is 1.76. The third kappa shape index (κ3) is 4.04. The molecule has 0 atom stereocenters. The fraction of sp³-hybridized carbons (Fsp3) is 0.381. The number of Topliss-reactive ketones (excluding diaryl/α,β-unsaturated/α-hetero) is 1. The van der Waals surface area contributed by atoms with E-state index in [9.17, 15) is 9.18 Å². The van der Waals surface area contributed by atoms with E-state index >= 15 is 0 Å². The van der Waals surface area contributed by atoms with Gasteiger partial charge in [0.25, 0.3) is 0 Å². The van der Waals surface area contributed by atoms with Crippen LogP contribution in [0.4, 0.5) is 4.39 Å². The molecule has 2 nitrogen and oxygen atoms in total. The van der Waals surface area contributed by atoms with Gasteiger partial charge >= 0.3 is 0 Å². The number of ether oxygens (including phenoxy) is 1. The van der Waals surface area contributed by atoms with Crippen LogP contribution in [-0.4, -0.2) is 5.78 Å². The van der Waals surface area contributed by atoms with Crippen LogP contribution in [0.5, 0.6) is 5.75 Å². The molecule has 0 saturated carbocycles. The minimum absolute atomic E-state index is 0.00441. The Morgan fingerprint density at radius 3 is 2.72 bits per heavy atom. The molecule has 0 heterocycles. The molecule has 132 valence electrons. The van der Waals surface area contributed by atoms with Gasteiger partial charge in [-0.3, -0.25) is 4.79 Å². The van der Waals surface area contributed by atoms with Gasteiger partial charge in [0.05, 0.1) is 5.56 Å². The van der Waals surface area contributed by atoms with Crippen LogP contribution in [-0.2, 0) is 19.4 Å². The fourth-order valence-corrected chi connectivity index (χ4v) is 3.53. The molecule has 4 heteroatoms. The lowest BCUT2D eigenvalue weighted by Crippen LogP contribution is -2.22. The number of carbonyl (C=O) groups is 1. The summed E-state index contributed by atoms with van der Waals surface area (Å²) in [7, 11) is 0. The predicted molar refractivity (Wildman–Crippen MR) is 98.0 cm³/mol. The largest absolute Gasteiger partial charge is 0.489 e. The summed E-state index contributed by atoms with van der Waals surface area (Å²) < 4.78 is 19.8. The van der Waals surface area contributed by atoms with Crippen LogP contribution >= 0.6 is 11.6 Å². The summed E-state index contributed by atoms with van der Waals surface area (Å²) in [4.78, 5) is 11.4. The fourth-order valence-electron chi connectivity index (χ4n) is 3.31. The summed E-state index contributed by atoms with van der Waals surface area (Å²) in [6, 6.07) is 8.78. The molecule has 1 aliphatic rings. The highest BCUT2D eigenvalue weighted by atomic mass is 35.5. The van der Waals surface area contributed by atoms with Gasteiger partial charge in [-0.1, -0.05) is 31.5 Å². The molecule has 0 fully saturated rings. The Morgan fingerprint density at radius 2 is 2.00 bits per heavy atom. The van der Waals surface area contributed by atoms with Gasteiger partial charge in [-0.15, -0.1) is 0 Å². The molecular weight excluding hydrogens is 339 g/mol. The average Bonchev–Trinajstić information content (AvgIpc) is 2.53. The second kappa shape index (κ2) is 6.80. The molecule has 0 aliphatic heterocycles. The summed E-state index contributed by atoms with van der Waals surface area (Å²) in [5, 5.41) is 0.339. The van der Waals surface area contributed by atoms with E-state index in [4.69, 9.17) is 16.3 Å². The van der Waals surface area contributed by atoms with Crippen LogP contribution in [0.15, 0.2) is 30.3 Å². The molecule has 0 spiro atoms. The second-order valence-electron chi connectivity index (χ2n) is 7.54. The first-order chi connectivity index (χ1) is 11.7. The Labute approximate surface area is 153 Å². The normalized spacial score (nSPS) is 15.6. The monoisotopic (exact) mass is 360 g/mol. The molecule has 0 N–H and O–H groups in total. The number of fused-ring (bicyclic) bond motifs is 1. The summed E-state index contributed by atoms with van der Waals surface area (Å²) in [6.45, 7) is 6.04. The Hall–Kier alpha value is -1.87. The van der Waals surface area contributed by atoms with Crippen molar-refractivity contribution < 1.29 is 13.9 Å². The Morgan fingerprint density at radius 1 is 1.24 bits per heavy atom. The van der Waals surface area contributed by atoms with Gasteiger partial charge in [0.2, 0.25) is 0 Å². The number of hydrogen-bond acceptors (Lipinski definition) is 2. The molecule has 0 radical (unpaired) electrons. The van der Waals surface area contributed by atoms with Crippen molar-refractivity contribution in [2.75, 3.05) is 0 Å². The van der Waals surface area contributed by atoms with Gasteiger partial charge in [-0.2, -0.15) is 0 Å². The molecule has 0 bridgehead atoms. The van der Waals surface area contributed by atoms with E-state index in [-0.39, 0.29) is 18.0 Å². The molecule has 0 aromatic heterocycles.